The maximum absolute atomic E-state index is 12.9. The number of fused-ring (bicyclic) bond motifs is 1. The third-order valence-corrected chi connectivity index (χ3v) is 6.65. The van der Waals surface area contributed by atoms with Crippen LogP contribution in [0.3, 0.4) is 0 Å². The zero-order valence-corrected chi connectivity index (χ0v) is 17.5. The average molecular weight is 433 g/mol. The Labute approximate surface area is 181 Å². The molecule has 3 aromatic rings. The Morgan fingerprint density at radius 1 is 0.871 bits per heavy atom. The highest BCUT2D eigenvalue weighted by molar-refractivity contribution is 7.89. The molecule has 1 amide bonds. The molecule has 0 fully saturated rings. The van der Waals surface area contributed by atoms with Crippen molar-refractivity contribution in [1.29, 1.82) is 10.5 Å². The summed E-state index contributed by atoms with van der Waals surface area (Å²) in [5, 5.41) is 22.3. The quantitative estimate of drug-likeness (QED) is 0.580. The van der Waals surface area contributed by atoms with Gasteiger partial charge in [0.25, 0.3) is 5.91 Å². The minimum Gasteiger partial charge on any atom is -0.321 e. The molecule has 8 heteroatoms. The normalized spacial score (nSPS) is 11.1. The van der Waals surface area contributed by atoms with Gasteiger partial charge in [0.2, 0.25) is 10.0 Å². The minimum atomic E-state index is -3.88. The molecule has 3 rings (SSSR count). The van der Waals surface area contributed by atoms with Gasteiger partial charge in [-0.3, -0.25) is 4.79 Å². The molecular formula is C23H20N4O3S. The van der Waals surface area contributed by atoms with Crippen molar-refractivity contribution < 1.29 is 13.2 Å². The highest BCUT2D eigenvalue weighted by Crippen LogP contribution is 2.24. The molecule has 0 saturated carbocycles. The summed E-state index contributed by atoms with van der Waals surface area (Å²) >= 11 is 0. The van der Waals surface area contributed by atoms with E-state index in [0.717, 1.165) is 15.1 Å². The van der Waals surface area contributed by atoms with Gasteiger partial charge in [-0.2, -0.15) is 14.8 Å². The third kappa shape index (κ3) is 5.07. The molecular weight excluding hydrogens is 412 g/mol. The van der Waals surface area contributed by atoms with Crippen LogP contribution in [0.5, 0.6) is 0 Å². The van der Waals surface area contributed by atoms with Crippen molar-refractivity contribution in [1.82, 2.24) is 4.31 Å². The molecule has 3 aromatic carbocycles. The van der Waals surface area contributed by atoms with Crippen molar-refractivity contribution in [3.05, 3.63) is 72.3 Å². The second-order valence-corrected chi connectivity index (χ2v) is 8.66. The van der Waals surface area contributed by atoms with Gasteiger partial charge in [0.1, 0.15) is 0 Å². The molecule has 0 bridgehead atoms. The van der Waals surface area contributed by atoms with Crippen LogP contribution >= 0.6 is 0 Å². The van der Waals surface area contributed by atoms with Gasteiger partial charge >= 0.3 is 0 Å². The number of benzene rings is 3. The van der Waals surface area contributed by atoms with Gasteiger partial charge in [0.15, 0.2) is 0 Å². The zero-order valence-electron chi connectivity index (χ0n) is 16.7. The highest BCUT2D eigenvalue weighted by atomic mass is 32.2. The summed E-state index contributed by atoms with van der Waals surface area (Å²) in [7, 11) is -3.88. The lowest BCUT2D eigenvalue weighted by Gasteiger charge is -2.20. The Kier molecular flexibility index (Phi) is 6.99. The zero-order chi connectivity index (χ0) is 22.3. The molecule has 1 N–H and O–H groups in total. The number of anilines is 1. The number of rotatable bonds is 8. The molecule has 0 radical (unpaired) electrons. The van der Waals surface area contributed by atoms with Crippen LogP contribution in [0.1, 0.15) is 23.2 Å². The minimum absolute atomic E-state index is 0.00380. The van der Waals surface area contributed by atoms with E-state index in [2.05, 4.69) is 5.32 Å². The van der Waals surface area contributed by atoms with E-state index >= 15 is 0 Å². The number of hydrogen-bond acceptors (Lipinski definition) is 5. The first-order valence-corrected chi connectivity index (χ1v) is 11.0. The first-order valence-electron chi connectivity index (χ1n) is 9.60. The third-order valence-electron chi connectivity index (χ3n) is 4.74. The molecule has 156 valence electrons. The summed E-state index contributed by atoms with van der Waals surface area (Å²) in [5.74, 6) is -0.355. The number of nitriles is 2. The Morgan fingerprint density at radius 3 is 2.13 bits per heavy atom. The second-order valence-electron chi connectivity index (χ2n) is 6.73. The number of nitrogens with zero attached hydrogens (tertiary/aromatic N) is 3. The van der Waals surface area contributed by atoms with E-state index in [1.807, 2.05) is 48.5 Å². The SMILES string of the molecule is N#CCCN(CCC#N)S(=O)(=O)c1ccc(C(=O)Nc2cccc3ccccc23)cc1. The summed E-state index contributed by atoms with van der Waals surface area (Å²) in [6.07, 6.45) is 0.0480. The van der Waals surface area contributed by atoms with Crippen LogP contribution in [0.4, 0.5) is 5.69 Å². The van der Waals surface area contributed by atoms with E-state index in [4.69, 9.17) is 10.5 Å². The van der Waals surface area contributed by atoms with E-state index in [1.54, 1.807) is 6.07 Å². The van der Waals surface area contributed by atoms with Crippen LogP contribution < -0.4 is 5.32 Å². The predicted octanol–water partition coefficient (Wildman–Crippen LogP) is 3.91. The number of sulfonamides is 1. The second kappa shape index (κ2) is 9.86. The van der Waals surface area contributed by atoms with Crippen LogP contribution in [0.2, 0.25) is 0 Å². The van der Waals surface area contributed by atoms with Gasteiger partial charge in [-0.1, -0.05) is 36.4 Å². The molecule has 0 heterocycles. The summed E-state index contributed by atoms with van der Waals surface area (Å²) in [5.41, 5.74) is 0.978. The summed E-state index contributed by atoms with van der Waals surface area (Å²) in [6.45, 7) is 0.00760. The van der Waals surface area contributed by atoms with E-state index in [9.17, 15) is 13.2 Å². The van der Waals surface area contributed by atoms with E-state index in [-0.39, 0.29) is 36.7 Å². The van der Waals surface area contributed by atoms with Crippen LogP contribution in [0, 0.1) is 22.7 Å². The molecule has 7 nitrogen and oxygen atoms in total. The van der Waals surface area contributed by atoms with E-state index in [1.165, 1.54) is 24.3 Å². The van der Waals surface area contributed by atoms with E-state index in [0.29, 0.717) is 11.3 Å². The molecule has 0 unspecified atom stereocenters. The van der Waals surface area contributed by atoms with Crippen molar-refractivity contribution in [3.8, 4) is 12.1 Å². The molecule has 0 aromatic heterocycles. The fraction of sp³-hybridized carbons (Fsp3) is 0.174. The molecule has 0 atom stereocenters. The molecule has 0 saturated heterocycles. The number of hydrogen-bond donors (Lipinski definition) is 1. The first kappa shape index (κ1) is 22.0. The lowest BCUT2D eigenvalue weighted by Crippen LogP contribution is -2.32. The average Bonchev–Trinajstić information content (AvgIpc) is 2.79. The lowest BCUT2D eigenvalue weighted by atomic mass is 10.1. The van der Waals surface area contributed by atoms with Gasteiger partial charge in [0, 0.05) is 42.6 Å². The van der Waals surface area contributed by atoms with E-state index < -0.39 is 10.0 Å². The molecule has 0 aliphatic carbocycles. The maximum atomic E-state index is 12.9. The van der Waals surface area contributed by atoms with Crippen molar-refractivity contribution >= 4 is 32.4 Å². The van der Waals surface area contributed by atoms with Crippen LogP contribution in [0.25, 0.3) is 10.8 Å². The monoisotopic (exact) mass is 432 g/mol. The Hall–Kier alpha value is -3.72. The molecule has 0 aliphatic rings. The van der Waals surface area contributed by atoms with Crippen molar-refractivity contribution in [2.75, 3.05) is 18.4 Å². The van der Waals surface area contributed by atoms with Crippen molar-refractivity contribution in [3.63, 3.8) is 0 Å². The fourth-order valence-corrected chi connectivity index (χ4v) is 4.60. The number of amides is 1. The maximum Gasteiger partial charge on any atom is 0.255 e. The number of nitrogens with one attached hydrogen (secondary N) is 1. The molecule has 0 aliphatic heterocycles. The summed E-state index contributed by atoms with van der Waals surface area (Å²) in [4.78, 5) is 12.7. The van der Waals surface area contributed by atoms with Crippen LogP contribution in [0.15, 0.2) is 71.6 Å². The predicted molar refractivity (Wildman–Crippen MR) is 118 cm³/mol. The fourth-order valence-electron chi connectivity index (χ4n) is 3.16. The summed E-state index contributed by atoms with van der Waals surface area (Å²) in [6, 6.07) is 22.7. The van der Waals surface area contributed by atoms with Gasteiger partial charge in [-0.25, -0.2) is 8.42 Å². The van der Waals surface area contributed by atoms with Crippen LogP contribution in [-0.2, 0) is 10.0 Å². The lowest BCUT2D eigenvalue weighted by molar-refractivity contribution is 0.102. The van der Waals surface area contributed by atoms with Gasteiger partial charge in [-0.05, 0) is 35.7 Å². The van der Waals surface area contributed by atoms with Crippen LogP contribution in [-0.4, -0.2) is 31.7 Å². The highest BCUT2D eigenvalue weighted by Gasteiger charge is 2.24. The topological polar surface area (TPSA) is 114 Å². The smallest absolute Gasteiger partial charge is 0.255 e. The van der Waals surface area contributed by atoms with Gasteiger partial charge in [-0.15, -0.1) is 0 Å². The standard InChI is InChI=1S/C23H20N4O3S/c24-14-4-16-27(17-5-15-25)31(29,30)20-12-10-19(11-13-20)23(28)26-22-9-3-7-18-6-1-2-8-21(18)22/h1-3,6-13H,4-5,16-17H2,(H,26,28). The largest absolute Gasteiger partial charge is 0.321 e. The molecule has 31 heavy (non-hydrogen) atoms. The van der Waals surface area contributed by atoms with Gasteiger partial charge < -0.3 is 5.32 Å². The van der Waals surface area contributed by atoms with Gasteiger partial charge in [0.05, 0.1) is 17.0 Å². The van der Waals surface area contributed by atoms with Crippen molar-refractivity contribution in [2.24, 2.45) is 0 Å². The molecule has 0 spiro atoms. The Balaban J connectivity index is 1.80. The summed E-state index contributed by atoms with van der Waals surface area (Å²) < 4.78 is 26.9. The Bertz CT molecular complexity index is 1250. The van der Waals surface area contributed by atoms with Crippen molar-refractivity contribution in [2.45, 2.75) is 17.7 Å². The number of carbonyl (C=O) groups excluding carboxylic acids is 1. The number of carbonyl (C=O) groups is 1. The first-order chi connectivity index (χ1) is 15.0. The Morgan fingerprint density at radius 2 is 1.48 bits per heavy atom.